The van der Waals surface area contributed by atoms with E-state index >= 15 is 0 Å². The molecule has 0 radical (unpaired) electrons. The summed E-state index contributed by atoms with van der Waals surface area (Å²) < 4.78 is 1.30. The van der Waals surface area contributed by atoms with Crippen molar-refractivity contribution >= 4 is 0 Å². The molecule has 0 saturated heterocycles. The molecule has 1 rings (SSSR count). The van der Waals surface area contributed by atoms with Crippen LogP contribution in [0.5, 0.6) is 5.75 Å². The number of rotatable bonds is 3. The van der Waals surface area contributed by atoms with Gasteiger partial charge in [-0.1, -0.05) is 0 Å². The fourth-order valence-electron chi connectivity index (χ4n) is 0.986. The molecule has 2 atom stereocenters. The minimum Gasteiger partial charge on any atom is -0.504 e. The van der Waals surface area contributed by atoms with Gasteiger partial charge >= 0.3 is 0 Å². The fraction of sp³-hybridized carbons (Fsp3) is 0.571. The molecule has 6 heteroatoms. The largest absolute Gasteiger partial charge is 0.504 e. The number of aliphatic hydroxyl groups is 3. The quantitative estimate of drug-likeness (QED) is 0.463. The summed E-state index contributed by atoms with van der Waals surface area (Å²) in [7, 11) is 1.57. The highest BCUT2D eigenvalue weighted by atomic mass is 16.4. The van der Waals surface area contributed by atoms with Crippen LogP contribution >= 0.6 is 0 Å². The van der Waals surface area contributed by atoms with Crippen LogP contribution in [0, 0.1) is 0 Å². The number of hydrogen-bond donors (Lipinski definition) is 4. The lowest BCUT2D eigenvalue weighted by Crippen LogP contribution is -2.22. The lowest BCUT2D eigenvalue weighted by Gasteiger charge is -2.12. The molecule has 0 aromatic carbocycles. The monoisotopic (exact) mass is 188 g/mol. The molecule has 1 aromatic rings. The molecule has 0 saturated carbocycles. The van der Waals surface area contributed by atoms with Gasteiger partial charge in [0.05, 0.1) is 12.8 Å². The first-order chi connectivity index (χ1) is 6.06. The summed E-state index contributed by atoms with van der Waals surface area (Å²) in [6.45, 7) is -0.586. The normalized spacial score (nSPS) is 15.7. The van der Waals surface area contributed by atoms with Crippen LogP contribution < -0.4 is 0 Å². The van der Waals surface area contributed by atoms with Gasteiger partial charge in [-0.3, -0.25) is 4.68 Å². The number of nitrogens with zero attached hydrogens (tertiary/aromatic N) is 2. The molecule has 0 aliphatic carbocycles. The van der Waals surface area contributed by atoms with Gasteiger partial charge in [-0.2, -0.15) is 5.10 Å². The molecule has 0 unspecified atom stereocenters. The fourth-order valence-corrected chi connectivity index (χ4v) is 0.986. The van der Waals surface area contributed by atoms with Crippen molar-refractivity contribution in [3.05, 3.63) is 11.9 Å². The van der Waals surface area contributed by atoms with E-state index in [-0.39, 0.29) is 11.4 Å². The van der Waals surface area contributed by atoms with E-state index in [4.69, 9.17) is 10.2 Å². The molecule has 13 heavy (non-hydrogen) atoms. The number of aliphatic hydroxyl groups excluding tert-OH is 3. The Balaban J connectivity index is 2.87. The highest BCUT2D eigenvalue weighted by Crippen LogP contribution is 2.23. The third-order valence-electron chi connectivity index (χ3n) is 1.67. The predicted octanol–water partition coefficient (Wildman–Crippen LogP) is -1.49. The standard InChI is InChI=1S/C7H12N2O4/c1-9-2-4(11)6(8-9)7(13)5(12)3-10/h2,5,7,10-13H,3H2,1H3/t5-,7+/m1/s1. The summed E-state index contributed by atoms with van der Waals surface area (Å²) in [6, 6.07) is 0. The van der Waals surface area contributed by atoms with E-state index < -0.39 is 18.8 Å². The van der Waals surface area contributed by atoms with E-state index in [9.17, 15) is 10.2 Å². The van der Waals surface area contributed by atoms with Gasteiger partial charge in [0, 0.05) is 7.05 Å². The van der Waals surface area contributed by atoms with Crippen molar-refractivity contribution in [2.24, 2.45) is 7.05 Å². The van der Waals surface area contributed by atoms with E-state index in [1.54, 1.807) is 7.05 Å². The van der Waals surface area contributed by atoms with Crippen LogP contribution in [0.1, 0.15) is 11.8 Å². The van der Waals surface area contributed by atoms with Crippen LogP contribution in [0.15, 0.2) is 6.20 Å². The topological polar surface area (TPSA) is 98.7 Å². The summed E-state index contributed by atoms with van der Waals surface area (Å²) in [4.78, 5) is 0. The lowest BCUT2D eigenvalue weighted by atomic mass is 10.1. The molecule has 0 aliphatic heterocycles. The van der Waals surface area contributed by atoms with Crippen LogP contribution in [0.2, 0.25) is 0 Å². The van der Waals surface area contributed by atoms with E-state index in [0.717, 1.165) is 0 Å². The Morgan fingerprint density at radius 2 is 2.15 bits per heavy atom. The number of aromatic hydroxyl groups is 1. The molecular weight excluding hydrogens is 176 g/mol. The number of hydrogen-bond acceptors (Lipinski definition) is 5. The van der Waals surface area contributed by atoms with Gasteiger partial charge in [-0.05, 0) is 0 Å². The van der Waals surface area contributed by atoms with Crippen molar-refractivity contribution in [3.63, 3.8) is 0 Å². The van der Waals surface area contributed by atoms with Crippen molar-refractivity contribution in [1.82, 2.24) is 9.78 Å². The van der Waals surface area contributed by atoms with Crippen molar-refractivity contribution in [3.8, 4) is 5.75 Å². The van der Waals surface area contributed by atoms with Gasteiger partial charge in [-0.15, -0.1) is 0 Å². The smallest absolute Gasteiger partial charge is 0.159 e. The summed E-state index contributed by atoms with van der Waals surface area (Å²) in [5.74, 6) is -0.206. The summed E-state index contributed by atoms with van der Waals surface area (Å²) in [6.07, 6.45) is -1.41. The first kappa shape index (κ1) is 9.97. The Morgan fingerprint density at radius 3 is 2.54 bits per heavy atom. The SMILES string of the molecule is Cn1cc(O)c([C@@H](O)[C@H](O)CO)n1. The maximum Gasteiger partial charge on any atom is 0.159 e. The van der Waals surface area contributed by atoms with Crippen LogP contribution in [-0.2, 0) is 7.05 Å². The van der Waals surface area contributed by atoms with E-state index in [1.165, 1.54) is 10.9 Å². The number of aromatic nitrogens is 2. The Hall–Kier alpha value is -1.11. The Bertz CT molecular complexity index is 286. The molecule has 0 spiro atoms. The molecule has 6 nitrogen and oxygen atoms in total. The molecule has 74 valence electrons. The molecule has 0 aliphatic rings. The van der Waals surface area contributed by atoms with Gasteiger partial charge in [0.2, 0.25) is 0 Å². The van der Waals surface area contributed by atoms with E-state index in [1.807, 2.05) is 0 Å². The van der Waals surface area contributed by atoms with Gasteiger partial charge in [-0.25, -0.2) is 0 Å². The van der Waals surface area contributed by atoms with Gasteiger partial charge in [0.25, 0.3) is 0 Å². The highest BCUT2D eigenvalue weighted by Gasteiger charge is 2.23. The van der Waals surface area contributed by atoms with Crippen LogP contribution in [0.25, 0.3) is 0 Å². The maximum atomic E-state index is 9.34. The van der Waals surface area contributed by atoms with E-state index in [0.29, 0.717) is 0 Å². The minimum absolute atomic E-state index is 0.0379. The molecule has 0 bridgehead atoms. The molecule has 4 N–H and O–H groups in total. The zero-order valence-electron chi connectivity index (χ0n) is 7.12. The predicted molar refractivity (Wildman–Crippen MR) is 42.9 cm³/mol. The Morgan fingerprint density at radius 1 is 1.54 bits per heavy atom. The molecule has 0 fully saturated rings. The van der Waals surface area contributed by atoms with Crippen LogP contribution in [0.3, 0.4) is 0 Å². The Labute approximate surface area is 74.7 Å². The summed E-state index contributed by atoms with van der Waals surface area (Å²) in [5.41, 5.74) is -0.0379. The average molecular weight is 188 g/mol. The average Bonchev–Trinajstić information content (AvgIpc) is 2.42. The van der Waals surface area contributed by atoms with Crippen LogP contribution in [-0.4, -0.2) is 42.9 Å². The number of aryl methyl sites for hydroxylation is 1. The first-order valence-electron chi connectivity index (χ1n) is 3.75. The highest BCUT2D eigenvalue weighted by molar-refractivity contribution is 5.25. The Kier molecular flexibility index (Phi) is 2.86. The zero-order valence-corrected chi connectivity index (χ0v) is 7.12. The molecule has 0 amide bonds. The first-order valence-corrected chi connectivity index (χ1v) is 3.75. The van der Waals surface area contributed by atoms with Gasteiger partial charge < -0.3 is 20.4 Å². The third-order valence-corrected chi connectivity index (χ3v) is 1.67. The minimum atomic E-state index is -1.37. The van der Waals surface area contributed by atoms with Gasteiger partial charge in [0.1, 0.15) is 17.9 Å². The van der Waals surface area contributed by atoms with Crippen LogP contribution in [0.4, 0.5) is 0 Å². The van der Waals surface area contributed by atoms with Crippen molar-refractivity contribution in [2.45, 2.75) is 12.2 Å². The second-order valence-corrected chi connectivity index (χ2v) is 2.77. The van der Waals surface area contributed by atoms with E-state index in [2.05, 4.69) is 5.10 Å². The second-order valence-electron chi connectivity index (χ2n) is 2.77. The lowest BCUT2D eigenvalue weighted by molar-refractivity contribution is -0.0184. The summed E-state index contributed by atoms with van der Waals surface area (Å²) >= 11 is 0. The second kappa shape index (κ2) is 3.73. The van der Waals surface area contributed by atoms with Gasteiger partial charge in [0.15, 0.2) is 5.75 Å². The maximum absolute atomic E-state index is 9.34. The zero-order chi connectivity index (χ0) is 10.0. The molecular formula is C7H12N2O4. The summed E-state index contributed by atoms with van der Waals surface area (Å²) in [5, 5.41) is 39.9. The van der Waals surface area contributed by atoms with Crippen molar-refractivity contribution < 1.29 is 20.4 Å². The molecule has 1 heterocycles. The van der Waals surface area contributed by atoms with Crippen molar-refractivity contribution in [2.75, 3.05) is 6.61 Å². The third kappa shape index (κ3) is 1.97. The molecule has 1 aromatic heterocycles. The van der Waals surface area contributed by atoms with Crippen molar-refractivity contribution in [1.29, 1.82) is 0 Å².